The number of aliphatic carboxylic acids is 1. The fourth-order valence-corrected chi connectivity index (χ4v) is 4.09. The zero-order chi connectivity index (χ0) is 21.2. The molecule has 1 aromatic carbocycles. The van der Waals surface area contributed by atoms with Gasteiger partial charge < -0.3 is 20.1 Å². The molecule has 1 radical (unpaired) electrons. The third kappa shape index (κ3) is 9.91. The summed E-state index contributed by atoms with van der Waals surface area (Å²) in [7, 11) is 0. The normalized spacial score (nSPS) is 24.5. The monoisotopic (exact) mass is 569 g/mol. The number of ether oxygens (including phenoxy) is 1. The van der Waals surface area contributed by atoms with Gasteiger partial charge in [0.1, 0.15) is 18.5 Å². The molecule has 1 aliphatic carbocycles. The second-order valence-electron chi connectivity index (χ2n) is 7.62. The predicted molar refractivity (Wildman–Crippen MR) is 110 cm³/mol. The number of hydrogen-bond donors (Lipinski definition) is 3. The van der Waals surface area contributed by atoms with Crippen molar-refractivity contribution in [2.75, 3.05) is 6.61 Å². The van der Waals surface area contributed by atoms with Gasteiger partial charge in [0.2, 0.25) is 0 Å². The molecular formula is C22H30ClFO5Pr. The van der Waals surface area contributed by atoms with Crippen molar-refractivity contribution in [1.29, 1.82) is 0 Å². The first-order chi connectivity index (χ1) is 13.9. The van der Waals surface area contributed by atoms with Crippen LogP contribution in [0.3, 0.4) is 0 Å². The van der Waals surface area contributed by atoms with Crippen molar-refractivity contribution in [2.24, 2.45) is 11.8 Å². The van der Waals surface area contributed by atoms with Gasteiger partial charge in [-0.15, -0.1) is 0 Å². The van der Waals surface area contributed by atoms with Crippen molar-refractivity contribution in [3.05, 3.63) is 41.4 Å². The molecule has 1 fully saturated rings. The molecule has 5 unspecified atom stereocenters. The van der Waals surface area contributed by atoms with Crippen LogP contribution in [0, 0.1) is 53.1 Å². The van der Waals surface area contributed by atoms with Crippen LogP contribution in [0.15, 0.2) is 36.4 Å². The first-order valence-corrected chi connectivity index (χ1v) is 10.5. The fourth-order valence-electron chi connectivity index (χ4n) is 3.91. The molecule has 1 aliphatic rings. The summed E-state index contributed by atoms with van der Waals surface area (Å²) in [6.07, 6.45) is 4.33. The molecule has 5 nitrogen and oxygen atoms in total. The number of aliphatic hydroxyl groups excluding tert-OH is 2. The van der Waals surface area contributed by atoms with E-state index >= 15 is 0 Å². The molecule has 5 atom stereocenters. The second-order valence-corrected chi connectivity index (χ2v) is 8.06. The van der Waals surface area contributed by atoms with Crippen molar-refractivity contribution in [3.63, 3.8) is 0 Å². The van der Waals surface area contributed by atoms with Gasteiger partial charge in [-0.2, -0.15) is 0 Å². The third-order valence-corrected chi connectivity index (χ3v) is 5.65. The number of carbonyl (C=O) groups is 1. The van der Waals surface area contributed by atoms with E-state index in [1.807, 2.05) is 12.2 Å². The molecule has 0 heterocycles. The maximum Gasteiger partial charge on any atom is 0.303 e. The van der Waals surface area contributed by atoms with Crippen LogP contribution in [0.4, 0.5) is 4.39 Å². The third-order valence-electron chi connectivity index (χ3n) is 5.42. The minimum atomic E-state index is -1.17. The molecule has 0 bridgehead atoms. The van der Waals surface area contributed by atoms with E-state index in [1.165, 1.54) is 0 Å². The molecule has 0 spiro atoms. The first kappa shape index (κ1) is 27.8. The number of benzene rings is 1. The van der Waals surface area contributed by atoms with Gasteiger partial charge in [-0.3, -0.25) is 4.79 Å². The number of aliphatic hydroxyl groups is 2. The van der Waals surface area contributed by atoms with Crippen molar-refractivity contribution >= 4 is 17.6 Å². The van der Waals surface area contributed by atoms with Crippen LogP contribution < -0.4 is 4.74 Å². The standard InChI is InChI=1S/C22H30ClFO5.Pr/c23-15-6-5-7-17(12-15)29-14-16(24)10-11-19-18(20(25)13-21(19)26)8-3-1-2-4-9-22(27)28;/h1-2,5-7,12,16,18-21,25-26H,3-4,8-11,13-14H2,(H,27,28);/b2-1+;. The number of carboxylic acids is 1. The Hall–Kier alpha value is -0.266. The molecule has 165 valence electrons. The Balaban J connectivity index is 0.00000450. The Kier molecular flexibility index (Phi) is 13.6. The van der Waals surface area contributed by atoms with Gasteiger partial charge in [0.25, 0.3) is 0 Å². The second kappa shape index (κ2) is 14.7. The fraction of sp³-hybridized carbons (Fsp3) is 0.591. The summed E-state index contributed by atoms with van der Waals surface area (Å²) in [5, 5.41) is 29.7. The molecule has 0 aliphatic heterocycles. The SMILES string of the molecule is O=C(O)CC/C=C/CCC1C(O)CC(O)C1CCC(F)COc1cccc(Cl)c1.[Pr]. The van der Waals surface area contributed by atoms with Gasteiger partial charge in [-0.05, 0) is 68.6 Å². The first-order valence-electron chi connectivity index (χ1n) is 10.1. The minimum Gasteiger partial charge on any atom is -0.491 e. The maximum absolute atomic E-state index is 14.3. The van der Waals surface area contributed by atoms with Crippen LogP contribution in [0.2, 0.25) is 5.02 Å². The van der Waals surface area contributed by atoms with Crippen LogP contribution in [-0.2, 0) is 4.79 Å². The van der Waals surface area contributed by atoms with E-state index in [0.29, 0.717) is 42.9 Å². The average Bonchev–Trinajstić information content (AvgIpc) is 2.93. The molecule has 3 N–H and O–H groups in total. The van der Waals surface area contributed by atoms with E-state index in [2.05, 4.69) is 0 Å². The number of allylic oxidation sites excluding steroid dienone is 2. The van der Waals surface area contributed by atoms with Crippen LogP contribution in [0.25, 0.3) is 0 Å². The molecule has 1 saturated carbocycles. The Morgan fingerprint density at radius 3 is 2.53 bits per heavy atom. The Labute approximate surface area is 215 Å². The van der Waals surface area contributed by atoms with Crippen LogP contribution in [0.5, 0.6) is 5.75 Å². The molecule has 2 rings (SSSR count). The van der Waals surface area contributed by atoms with Crippen LogP contribution >= 0.6 is 11.6 Å². The number of alkyl halides is 1. The smallest absolute Gasteiger partial charge is 0.303 e. The summed E-state index contributed by atoms with van der Waals surface area (Å²) >= 11 is 5.88. The molecule has 0 saturated heterocycles. The molecule has 0 amide bonds. The molecular weight excluding hydrogens is 540 g/mol. The van der Waals surface area contributed by atoms with Gasteiger partial charge in [-0.1, -0.05) is 29.8 Å². The van der Waals surface area contributed by atoms with Gasteiger partial charge in [-0.25, -0.2) is 4.39 Å². The van der Waals surface area contributed by atoms with Gasteiger partial charge >= 0.3 is 5.97 Å². The van der Waals surface area contributed by atoms with Gasteiger partial charge in [0.15, 0.2) is 0 Å². The van der Waals surface area contributed by atoms with Gasteiger partial charge in [0, 0.05) is 52.7 Å². The average molecular weight is 570 g/mol. The predicted octanol–water partition coefficient (Wildman–Crippen LogP) is 4.40. The van der Waals surface area contributed by atoms with Crippen molar-refractivity contribution in [3.8, 4) is 5.75 Å². The number of rotatable bonds is 12. The minimum absolute atomic E-state index is 0. The number of hydrogen-bond acceptors (Lipinski definition) is 4. The molecule has 8 heteroatoms. The van der Waals surface area contributed by atoms with Crippen molar-refractivity contribution in [2.45, 2.75) is 63.3 Å². The van der Waals surface area contributed by atoms with Crippen molar-refractivity contribution in [1.82, 2.24) is 0 Å². The number of halogens is 2. The van der Waals surface area contributed by atoms with Crippen LogP contribution in [0.1, 0.15) is 44.9 Å². The quantitative estimate of drug-likeness (QED) is 0.325. The summed E-state index contributed by atoms with van der Waals surface area (Å²) in [4.78, 5) is 10.5. The Morgan fingerprint density at radius 2 is 1.87 bits per heavy atom. The Morgan fingerprint density at radius 1 is 1.20 bits per heavy atom. The Bertz CT molecular complexity index is 675. The van der Waals surface area contributed by atoms with E-state index in [4.69, 9.17) is 21.4 Å². The largest absolute Gasteiger partial charge is 0.491 e. The summed E-state index contributed by atoms with van der Waals surface area (Å²) in [6.45, 7) is -0.0807. The zero-order valence-electron chi connectivity index (χ0n) is 17.0. The van der Waals surface area contributed by atoms with E-state index in [9.17, 15) is 19.4 Å². The number of carboxylic acid groups (broad SMARTS) is 1. The summed E-state index contributed by atoms with van der Waals surface area (Å²) < 4.78 is 19.7. The van der Waals surface area contributed by atoms with E-state index in [1.54, 1.807) is 24.3 Å². The zero-order valence-corrected chi connectivity index (χ0v) is 21.5. The summed E-state index contributed by atoms with van der Waals surface area (Å²) in [5.41, 5.74) is 0. The van der Waals surface area contributed by atoms with Crippen LogP contribution in [-0.4, -0.2) is 46.3 Å². The molecule has 1 aromatic rings. The summed E-state index contributed by atoms with van der Waals surface area (Å²) in [6, 6.07) is 6.80. The van der Waals surface area contributed by atoms with E-state index < -0.39 is 24.3 Å². The molecule has 30 heavy (non-hydrogen) atoms. The topological polar surface area (TPSA) is 87.0 Å². The van der Waals surface area contributed by atoms with Gasteiger partial charge in [0.05, 0.1) is 12.2 Å². The van der Waals surface area contributed by atoms with E-state index in [-0.39, 0.29) is 72.6 Å². The summed E-state index contributed by atoms with van der Waals surface area (Å²) in [5.74, 6) is -0.551. The van der Waals surface area contributed by atoms with Crippen molar-refractivity contribution < 1.29 is 70.5 Å². The van der Waals surface area contributed by atoms with E-state index in [0.717, 1.165) is 0 Å². The maximum atomic E-state index is 14.3. The molecule has 0 aromatic heterocycles.